The van der Waals surface area contributed by atoms with Gasteiger partial charge in [0, 0.05) is 0 Å². The zero-order valence-corrected chi connectivity index (χ0v) is 25.3. The Morgan fingerprint density at radius 2 is 1.10 bits per heavy atom. The molecule has 0 amide bonds. The summed E-state index contributed by atoms with van der Waals surface area (Å²) in [5, 5.41) is 7.59. The van der Waals surface area contributed by atoms with E-state index in [1.165, 1.54) is 5.57 Å². The standard InChI is InChI=1S/C32H42O5S2/c1-25(2)13-12-14-26(3)21-31(38(34,35)29-15-8-6-9-16-29)23-28(5)24-32(22-27(4)19-20-33)39(36,37)30-17-10-7-11-18-30/h6-11,13,15-19,21,24,31-33H,12,14,20,22-23H2,1-5H3/b26-21+,27-19+,28-24+. The van der Waals surface area contributed by atoms with E-state index >= 15 is 0 Å². The second-order valence-corrected chi connectivity index (χ2v) is 14.6. The number of benzene rings is 2. The van der Waals surface area contributed by atoms with Crippen LogP contribution in [-0.2, 0) is 19.7 Å². The molecule has 5 nitrogen and oxygen atoms in total. The molecule has 0 aromatic heterocycles. The molecule has 2 aromatic rings. The quantitative estimate of drug-likeness (QED) is 0.246. The molecule has 0 fully saturated rings. The van der Waals surface area contributed by atoms with E-state index in [0.717, 1.165) is 24.0 Å². The molecular weight excluding hydrogens is 528 g/mol. The lowest BCUT2D eigenvalue weighted by Crippen LogP contribution is -2.23. The fourth-order valence-corrected chi connectivity index (χ4v) is 7.89. The maximum Gasteiger partial charge on any atom is 0.185 e. The molecule has 0 spiro atoms. The molecule has 1 N–H and O–H groups in total. The summed E-state index contributed by atoms with van der Waals surface area (Å²) < 4.78 is 54.6. The number of hydrogen-bond acceptors (Lipinski definition) is 5. The molecule has 0 bridgehead atoms. The van der Waals surface area contributed by atoms with Gasteiger partial charge in [-0.3, -0.25) is 0 Å². The Labute approximate surface area is 235 Å². The van der Waals surface area contributed by atoms with Gasteiger partial charge in [0.05, 0.1) is 26.9 Å². The molecule has 2 unspecified atom stereocenters. The van der Waals surface area contributed by atoms with Crippen LogP contribution in [0.25, 0.3) is 0 Å². The van der Waals surface area contributed by atoms with Crippen LogP contribution in [0, 0.1) is 0 Å². The van der Waals surface area contributed by atoms with Crippen molar-refractivity contribution >= 4 is 19.7 Å². The summed E-state index contributed by atoms with van der Waals surface area (Å²) in [5.74, 6) is 0. The number of aliphatic hydroxyl groups is 1. The predicted molar refractivity (Wildman–Crippen MR) is 161 cm³/mol. The van der Waals surface area contributed by atoms with Crippen molar-refractivity contribution in [2.24, 2.45) is 0 Å². The molecule has 0 saturated heterocycles. The molecule has 2 atom stereocenters. The van der Waals surface area contributed by atoms with Crippen molar-refractivity contribution in [1.29, 1.82) is 0 Å². The SMILES string of the molecule is CC(C)=CCC/C(C)=C/C(C/C(C)=C/C(C/C(C)=C/CO)S(=O)(=O)c1ccccc1)S(=O)(=O)c1ccccc1. The number of rotatable bonds is 14. The van der Waals surface area contributed by atoms with Crippen LogP contribution in [0.2, 0.25) is 0 Å². The van der Waals surface area contributed by atoms with Crippen molar-refractivity contribution in [3.8, 4) is 0 Å². The Morgan fingerprint density at radius 3 is 1.54 bits per heavy atom. The number of allylic oxidation sites excluding steroid dienone is 5. The molecule has 0 aliphatic rings. The first-order valence-corrected chi connectivity index (χ1v) is 16.3. The summed E-state index contributed by atoms with van der Waals surface area (Å²) in [6, 6.07) is 16.6. The van der Waals surface area contributed by atoms with Crippen molar-refractivity contribution in [3.63, 3.8) is 0 Å². The largest absolute Gasteiger partial charge is 0.392 e. The van der Waals surface area contributed by atoms with Crippen LogP contribution in [0.3, 0.4) is 0 Å². The molecule has 0 aliphatic carbocycles. The van der Waals surface area contributed by atoms with Gasteiger partial charge in [0.2, 0.25) is 0 Å². The van der Waals surface area contributed by atoms with Gasteiger partial charge < -0.3 is 5.11 Å². The summed E-state index contributed by atoms with van der Waals surface area (Å²) in [7, 11) is -7.46. The maximum absolute atomic E-state index is 13.7. The van der Waals surface area contributed by atoms with E-state index in [2.05, 4.69) is 6.08 Å². The van der Waals surface area contributed by atoms with Crippen LogP contribution in [0.1, 0.15) is 60.3 Å². The molecule has 0 saturated carbocycles. The molecule has 2 aromatic carbocycles. The summed E-state index contributed by atoms with van der Waals surface area (Å²) in [5.41, 5.74) is 3.61. The van der Waals surface area contributed by atoms with Crippen LogP contribution in [0.4, 0.5) is 0 Å². The number of sulfone groups is 2. The van der Waals surface area contributed by atoms with Gasteiger partial charge in [-0.2, -0.15) is 0 Å². The van der Waals surface area contributed by atoms with Gasteiger partial charge in [0.1, 0.15) is 0 Å². The van der Waals surface area contributed by atoms with E-state index in [-0.39, 0.29) is 29.2 Å². The lowest BCUT2D eigenvalue weighted by Gasteiger charge is -2.19. The minimum absolute atomic E-state index is 0.167. The van der Waals surface area contributed by atoms with Crippen molar-refractivity contribution in [1.82, 2.24) is 0 Å². The minimum atomic E-state index is -3.75. The third kappa shape index (κ3) is 10.1. The minimum Gasteiger partial charge on any atom is -0.392 e. The topological polar surface area (TPSA) is 88.5 Å². The third-order valence-corrected chi connectivity index (χ3v) is 10.5. The van der Waals surface area contributed by atoms with Crippen molar-refractivity contribution in [2.45, 2.75) is 80.6 Å². The smallest absolute Gasteiger partial charge is 0.185 e. The fraction of sp³-hybridized carbons (Fsp3) is 0.375. The summed E-state index contributed by atoms with van der Waals surface area (Å²) in [4.78, 5) is 0.450. The third-order valence-electron chi connectivity index (χ3n) is 6.46. The highest BCUT2D eigenvalue weighted by Gasteiger charge is 2.29. The van der Waals surface area contributed by atoms with Crippen molar-refractivity contribution in [2.75, 3.05) is 6.61 Å². The van der Waals surface area contributed by atoms with Gasteiger partial charge in [-0.15, -0.1) is 0 Å². The van der Waals surface area contributed by atoms with Crippen LogP contribution < -0.4 is 0 Å². The van der Waals surface area contributed by atoms with Gasteiger partial charge in [-0.25, -0.2) is 16.8 Å². The van der Waals surface area contributed by atoms with E-state index in [1.807, 2.05) is 26.8 Å². The van der Waals surface area contributed by atoms with Gasteiger partial charge in [-0.05, 0) is 84.6 Å². The average Bonchev–Trinajstić information content (AvgIpc) is 2.89. The zero-order chi connectivity index (χ0) is 29.1. The van der Waals surface area contributed by atoms with Crippen LogP contribution in [-0.4, -0.2) is 39.0 Å². The highest BCUT2D eigenvalue weighted by atomic mass is 32.2. The zero-order valence-electron chi connectivity index (χ0n) is 23.7. The van der Waals surface area contributed by atoms with Crippen LogP contribution in [0.15, 0.2) is 117 Å². The monoisotopic (exact) mass is 570 g/mol. The molecule has 212 valence electrons. The number of hydrogen-bond donors (Lipinski definition) is 1. The number of aliphatic hydroxyl groups excluding tert-OH is 1. The van der Waals surface area contributed by atoms with Crippen molar-refractivity contribution < 1.29 is 21.9 Å². The Bertz CT molecular complexity index is 1400. The first kappa shape index (κ1) is 32.5. The van der Waals surface area contributed by atoms with Gasteiger partial charge in [0.25, 0.3) is 0 Å². The summed E-state index contributed by atoms with van der Waals surface area (Å²) in [6.07, 6.45) is 9.15. The Balaban J connectivity index is 2.51. The lowest BCUT2D eigenvalue weighted by molar-refractivity contribution is 0.341. The normalized spacial score (nSPS) is 15.1. The van der Waals surface area contributed by atoms with E-state index in [1.54, 1.807) is 86.7 Å². The first-order valence-electron chi connectivity index (χ1n) is 13.2. The van der Waals surface area contributed by atoms with Gasteiger partial charge in [-0.1, -0.05) is 83.0 Å². The molecule has 0 heterocycles. The second kappa shape index (κ2) is 15.2. The van der Waals surface area contributed by atoms with Crippen molar-refractivity contribution in [3.05, 3.63) is 107 Å². The summed E-state index contributed by atoms with van der Waals surface area (Å²) in [6.45, 7) is 9.41. The Kier molecular flexibility index (Phi) is 12.6. The molecule has 2 rings (SSSR count). The molecule has 7 heteroatoms. The highest BCUT2D eigenvalue weighted by molar-refractivity contribution is 7.92. The Hall–Kier alpha value is -2.74. The maximum atomic E-state index is 13.7. The van der Waals surface area contributed by atoms with E-state index in [4.69, 9.17) is 0 Å². The molecule has 0 aliphatic heterocycles. The lowest BCUT2D eigenvalue weighted by atomic mass is 10.0. The first-order chi connectivity index (χ1) is 18.4. The van der Waals surface area contributed by atoms with Gasteiger partial charge >= 0.3 is 0 Å². The highest BCUT2D eigenvalue weighted by Crippen LogP contribution is 2.28. The van der Waals surface area contributed by atoms with E-state index in [0.29, 0.717) is 5.57 Å². The average molecular weight is 571 g/mol. The molecular formula is C32H42O5S2. The van der Waals surface area contributed by atoms with E-state index < -0.39 is 30.2 Å². The summed E-state index contributed by atoms with van der Waals surface area (Å²) >= 11 is 0. The van der Waals surface area contributed by atoms with Crippen LogP contribution in [0.5, 0.6) is 0 Å². The van der Waals surface area contributed by atoms with Crippen LogP contribution >= 0.6 is 0 Å². The predicted octanol–water partition coefficient (Wildman–Crippen LogP) is 7.03. The fourth-order valence-electron chi connectivity index (χ4n) is 4.33. The molecule has 39 heavy (non-hydrogen) atoms. The van der Waals surface area contributed by atoms with Gasteiger partial charge in [0.15, 0.2) is 19.7 Å². The second-order valence-electron chi connectivity index (χ2n) is 10.3. The Morgan fingerprint density at radius 1 is 0.667 bits per heavy atom. The van der Waals surface area contributed by atoms with E-state index in [9.17, 15) is 21.9 Å². The molecule has 0 radical (unpaired) electrons.